The quantitative estimate of drug-likeness (QED) is 0.852. The van der Waals surface area contributed by atoms with Gasteiger partial charge in [-0.3, -0.25) is 0 Å². The fourth-order valence-electron chi connectivity index (χ4n) is 2.04. The van der Waals surface area contributed by atoms with Gasteiger partial charge in [0.15, 0.2) is 0 Å². The summed E-state index contributed by atoms with van der Waals surface area (Å²) in [5.41, 5.74) is 7.30. The molecular weight excluding hydrogens is 286 g/mol. The SMILES string of the molecule is CC(N)c1ccc(F)cc1-c1cccc(OC(F)(F)F)c1. The molecule has 0 fully saturated rings. The Bertz CT molecular complexity index is 638. The van der Waals surface area contributed by atoms with E-state index < -0.39 is 12.2 Å². The number of halogens is 4. The van der Waals surface area contributed by atoms with Crippen molar-refractivity contribution in [2.24, 2.45) is 5.73 Å². The minimum absolute atomic E-state index is 0.361. The van der Waals surface area contributed by atoms with Gasteiger partial charge in [0.05, 0.1) is 0 Å². The van der Waals surface area contributed by atoms with Crippen LogP contribution < -0.4 is 10.5 Å². The first-order valence-corrected chi connectivity index (χ1v) is 6.17. The van der Waals surface area contributed by atoms with Crippen LogP contribution >= 0.6 is 0 Å². The molecule has 2 aromatic carbocycles. The van der Waals surface area contributed by atoms with Gasteiger partial charge in [-0.05, 0) is 47.9 Å². The standard InChI is InChI=1S/C15H13F4NO/c1-9(20)13-6-5-11(16)8-14(13)10-3-2-4-12(7-10)21-15(17,18)19/h2-9H,20H2,1H3. The van der Waals surface area contributed by atoms with Crippen LogP contribution in [0.5, 0.6) is 5.75 Å². The first-order valence-electron chi connectivity index (χ1n) is 6.17. The molecule has 0 aromatic heterocycles. The van der Waals surface area contributed by atoms with Gasteiger partial charge >= 0.3 is 6.36 Å². The molecule has 0 aliphatic heterocycles. The minimum Gasteiger partial charge on any atom is -0.406 e. The third kappa shape index (κ3) is 3.95. The number of hydrogen-bond acceptors (Lipinski definition) is 2. The normalized spacial score (nSPS) is 13.0. The molecule has 6 heteroatoms. The predicted molar refractivity (Wildman–Crippen MR) is 71.1 cm³/mol. The zero-order chi connectivity index (χ0) is 15.6. The molecule has 0 amide bonds. The number of rotatable bonds is 3. The largest absolute Gasteiger partial charge is 0.573 e. The molecule has 0 spiro atoms. The van der Waals surface area contributed by atoms with Crippen molar-refractivity contribution in [3.63, 3.8) is 0 Å². The van der Waals surface area contributed by atoms with E-state index in [-0.39, 0.29) is 11.8 Å². The summed E-state index contributed by atoms with van der Waals surface area (Å²) >= 11 is 0. The van der Waals surface area contributed by atoms with Crippen molar-refractivity contribution in [3.05, 3.63) is 53.8 Å². The van der Waals surface area contributed by atoms with Crippen molar-refractivity contribution in [2.75, 3.05) is 0 Å². The fraction of sp³-hybridized carbons (Fsp3) is 0.200. The van der Waals surface area contributed by atoms with Gasteiger partial charge in [-0.15, -0.1) is 13.2 Å². The van der Waals surface area contributed by atoms with E-state index in [2.05, 4.69) is 4.74 Å². The maximum Gasteiger partial charge on any atom is 0.573 e. The van der Waals surface area contributed by atoms with Gasteiger partial charge in [0.2, 0.25) is 0 Å². The second-order valence-electron chi connectivity index (χ2n) is 4.60. The van der Waals surface area contributed by atoms with Crippen molar-refractivity contribution in [1.29, 1.82) is 0 Å². The van der Waals surface area contributed by atoms with E-state index in [4.69, 9.17) is 5.73 Å². The van der Waals surface area contributed by atoms with Gasteiger partial charge < -0.3 is 10.5 Å². The minimum atomic E-state index is -4.77. The molecule has 1 atom stereocenters. The van der Waals surface area contributed by atoms with Crippen molar-refractivity contribution in [1.82, 2.24) is 0 Å². The van der Waals surface area contributed by atoms with Crippen LogP contribution in [-0.2, 0) is 0 Å². The summed E-state index contributed by atoms with van der Waals surface area (Å²) in [6.45, 7) is 1.72. The van der Waals surface area contributed by atoms with Crippen LogP contribution in [0, 0.1) is 5.82 Å². The van der Waals surface area contributed by atoms with Gasteiger partial charge in [0.25, 0.3) is 0 Å². The maximum atomic E-state index is 13.4. The third-order valence-corrected chi connectivity index (χ3v) is 2.88. The molecule has 0 heterocycles. The smallest absolute Gasteiger partial charge is 0.406 e. The molecule has 1 unspecified atom stereocenters. The predicted octanol–water partition coefficient (Wildman–Crippen LogP) is 4.41. The van der Waals surface area contributed by atoms with E-state index in [1.807, 2.05) is 0 Å². The van der Waals surface area contributed by atoms with E-state index in [1.54, 1.807) is 13.0 Å². The highest BCUT2D eigenvalue weighted by Gasteiger charge is 2.31. The van der Waals surface area contributed by atoms with E-state index >= 15 is 0 Å². The molecule has 0 bridgehead atoms. The molecule has 2 N–H and O–H groups in total. The first kappa shape index (κ1) is 15.3. The fourth-order valence-corrected chi connectivity index (χ4v) is 2.04. The van der Waals surface area contributed by atoms with Gasteiger partial charge in [0.1, 0.15) is 11.6 Å². The van der Waals surface area contributed by atoms with E-state index in [0.29, 0.717) is 16.7 Å². The summed E-state index contributed by atoms with van der Waals surface area (Å²) < 4.78 is 54.0. The van der Waals surface area contributed by atoms with Crippen LogP contribution in [0.15, 0.2) is 42.5 Å². The highest BCUT2D eigenvalue weighted by molar-refractivity contribution is 5.69. The zero-order valence-corrected chi connectivity index (χ0v) is 11.1. The number of alkyl halides is 3. The van der Waals surface area contributed by atoms with Crippen LogP contribution in [0.1, 0.15) is 18.5 Å². The van der Waals surface area contributed by atoms with Crippen LogP contribution in [0.2, 0.25) is 0 Å². The van der Waals surface area contributed by atoms with Crippen LogP contribution in [0.3, 0.4) is 0 Å². The average molecular weight is 299 g/mol. The van der Waals surface area contributed by atoms with E-state index in [1.165, 1.54) is 36.4 Å². The Balaban J connectivity index is 2.47. The molecule has 0 saturated carbocycles. The van der Waals surface area contributed by atoms with Gasteiger partial charge in [-0.2, -0.15) is 0 Å². The molecule has 21 heavy (non-hydrogen) atoms. The molecule has 2 nitrogen and oxygen atoms in total. The molecular formula is C15H13F4NO. The lowest BCUT2D eigenvalue weighted by Crippen LogP contribution is -2.17. The summed E-state index contributed by atoms with van der Waals surface area (Å²) in [5.74, 6) is -0.851. The van der Waals surface area contributed by atoms with Crippen LogP contribution in [0.4, 0.5) is 17.6 Å². The number of nitrogens with two attached hydrogens (primary N) is 1. The number of ether oxygens (including phenoxy) is 1. The zero-order valence-electron chi connectivity index (χ0n) is 11.1. The first-order chi connectivity index (χ1) is 9.76. The van der Waals surface area contributed by atoms with E-state index in [0.717, 1.165) is 0 Å². The highest BCUT2D eigenvalue weighted by atomic mass is 19.4. The average Bonchev–Trinajstić information content (AvgIpc) is 2.36. The second kappa shape index (κ2) is 5.73. The molecule has 0 saturated heterocycles. The molecule has 2 rings (SSSR count). The summed E-state index contributed by atoms with van der Waals surface area (Å²) in [5, 5.41) is 0. The lowest BCUT2D eigenvalue weighted by atomic mass is 9.95. The molecule has 2 aromatic rings. The summed E-state index contributed by atoms with van der Waals surface area (Å²) in [4.78, 5) is 0. The number of hydrogen-bond donors (Lipinski definition) is 1. The Hall–Kier alpha value is -2.08. The monoisotopic (exact) mass is 299 g/mol. The van der Waals surface area contributed by atoms with Crippen LogP contribution in [-0.4, -0.2) is 6.36 Å². The maximum absolute atomic E-state index is 13.4. The summed E-state index contributed by atoms with van der Waals surface area (Å²) in [6, 6.07) is 9.01. The lowest BCUT2D eigenvalue weighted by molar-refractivity contribution is -0.274. The van der Waals surface area contributed by atoms with Crippen LogP contribution in [0.25, 0.3) is 11.1 Å². The number of benzene rings is 2. The topological polar surface area (TPSA) is 35.2 Å². The van der Waals surface area contributed by atoms with Crippen molar-refractivity contribution in [2.45, 2.75) is 19.3 Å². The Morgan fingerprint density at radius 2 is 1.81 bits per heavy atom. The second-order valence-corrected chi connectivity index (χ2v) is 4.60. The van der Waals surface area contributed by atoms with Crippen molar-refractivity contribution in [3.8, 4) is 16.9 Å². The Morgan fingerprint density at radius 1 is 1.10 bits per heavy atom. The van der Waals surface area contributed by atoms with E-state index in [9.17, 15) is 17.6 Å². The molecule has 0 aliphatic rings. The Labute approximate surface area is 119 Å². The van der Waals surface area contributed by atoms with Gasteiger partial charge in [-0.25, -0.2) is 4.39 Å². The third-order valence-electron chi connectivity index (χ3n) is 2.88. The molecule has 112 valence electrons. The summed E-state index contributed by atoms with van der Waals surface area (Å²) in [7, 11) is 0. The summed E-state index contributed by atoms with van der Waals surface area (Å²) in [6.07, 6.45) is -4.77. The molecule has 0 aliphatic carbocycles. The lowest BCUT2D eigenvalue weighted by Gasteiger charge is -2.15. The Kier molecular flexibility index (Phi) is 4.18. The van der Waals surface area contributed by atoms with Crippen molar-refractivity contribution < 1.29 is 22.3 Å². The molecule has 0 radical (unpaired) electrons. The van der Waals surface area contributed by atoms with Gasteiger partial charge in [-0.1, -0.05) is 18.2 Å². The highest BCUT2D eigenvalue weighted by Crippen LogP contribution is 2.32. The Morgan fingerprint density at radius 3 is 2.43 bits per heavy atom. The van der Waals surface area contributed by atoms with Crippen molar-refractivity contribution >= 4 is 0 Å². The van der Waals surface area contributed by atoms with Gasteiger partial charge in [0, 0.05) is 6.04 Å².